The van der Waals surface area contributed by atoms with Crippen LogP contribution in [0.1, 0.15) is 38.2 Å². The number of carbonyl (C=O) groups excluding carboxylic acids is 1. The summed E-state index contributed by atoms with van der Waals surface area (Å²) in [6.45, 7) is 3.93. The van der Waals surface area contributed by atoms with Gasteiger partial charge in [-0.3, -0.25) is 4.79 Å². The summed E-state index contributed by atoms with van der Waals surface area (Å²) in [5, 5.41) is 4.84. The Bertz CT molecular complexity index is 482. The molecule has 0 radical (unpaired) electrons. The highest BCUT2D eigenvalue weighted by Crippen LogP contribution is 2.29. The standard InChI is InChI=1S/C17H23Cl2NO2.ClH/c1-2-22-17(21)13-8-6-12(7-9-13)10-20-11-14-15(18)4-3-5-16(14)19;/h3-5,12-13,20H,2,6-11H2,1H3;1H. The van der Waals surface area contributed by atoms with Crippen LogP contribution in [0.25, 0.3) is 0 Å². The maximum absolute atomic E-state index is 11.7. The summed E-state index contributed by atoms with van der Waals surface area (Å²) in [6.07, 6.45) is 3.98. The molecule has 1 aliphatic carbocycles. The van der Waals surface area contributed by atoms with Gasteiger partial charge in [0.1, 0.15) is 0 Å². The van der Waals surface area contributed by atoms with E-state index in [2.05, 4.69) is 5.32 Å². The topological polar surface area (TPSA) is 38.3 Å². The molecule has 0 aliphatic heterocycles. The van der Waals surface area contributed by atoms with Crippen LogP contribution in [0.4, 0.5) is 0 Å². The Morgan fingerprint density at radius 2 is 1.83 bits per heavy atom. The van der Waals surface area contributed by atoms with Crippen LogP contribution in [0.5, 0.6) is 0 Å². The first-order valence-corrected chi connectivity index (χ1v) is 8.67. The number of nitrogens with one attached hydrogen (secondary N) is 1. The number of esters is 1. The van der Waals surface area contributed by atoms with Crippen LogP contribution in [-0.4, -0.2) is 19.1 Å². The lowest BCUT2D eigenvalue weighted by molar-refractivity contribution is -0.149. The Labute approximate surface area is 154 Å². The fourth-order valence-corrected chi connectivity index (χ4v) is 3.50. The summed E-state index contributed by atoms with van der Waals surface area (Å²) in [5.41, 5.74) is 0.950. The Morgan fingerprint density at radius 1 is 1.22 bits per heavy atom. The van der Waals surface area contributed by atoms with Crippen LogP contribution in [0.15, 0.2) is 18.2 Å². The lowest BCUT2D eigenvalue weighted by Gasteiger charge is -2.27. The van der Waals surface area contributed by atoms with Crippen LogP contribution in [0, 0.1) is 11.8 Å². The lowest BCUT2D eigenvalue weighted by atomic mass is 9.82. The van der Waals surface area contributed by atoms with Crippen molar-refractivity contribution in [1.82, 2.24) is 5.32 Å². The highest BCUT2D eigenvalue weighted by molar-refractivity contribution is 6.35. The van der Waals surface area contributed by atoms with Crippen LogP contribution in [0.3, 0.4) is 0 Å². The first-order chi connectivity index (χ1) is 10.6. The van der Waals surface area contributed by atoms with Crippen molar-refractivity contribution in [2.24, 2.45) is 11.8 Å². The van der Waals surface area contributed by atoms with E-state index in [-0.39, 0.29) is 24.3 Å². The molecule has 2 rings (SSSR count). The molecule has 0 atom stereocenters. The van der Waals surface area contributed by atoms with E-state index in [9.17, 15) is 4.79 Å². The van der Waals surface area contributed by atoms with E-state index in [0.29, 0.717) is 29.1 Å². The summed E-state index contributed by atoms with van der Waals surface area (Å²) in [6, 6.07) is 5.56. The normalized spacial score (nSPS) is 20.7. The van der Waals surface area contributed by atoms with Gasteiger partial charge >= 0.3 is 5.97 Å². The number of hydrogen-bond donors (Lipinski definition) is 1. The van der Waals surface area contributed by atoms with Gasteiger partial charge in [-0.1, -0.05) is 29.3 Å². The molecule has 1 fully saturated rings. The number of ether oxygens (including phenoxy) is 1. The van der Waals surface area contributed by atoms with Crippen molar-refractivity contribution in [1.29, 1.82) is 0 Å². The molecule has 0 aromatic heterocycles. The fraction of sp³-hybridized carbons (Fsp3) is 0.588. The van der Waals surface area contributed by atoms with Gasteiger partial charge in [0.15, 0.2) is 0 Å². The van der Waals surface area contributed by atoms with Crippen LogP contribution >= 0.6 is 35.6 Å². The van der Waals surface area contributed by atoms with Crippen LogP contribution in [0.2, 0.25) is 10.0 Å². The second-order valence-electron chi connectivity index (χ2n) is 5.80. The smallest absolute Gasteiger partial charge is 0.308 e. The zero-order valence-electron chi connectivity index (χ0n) is 13.3. The van der Waals surface area contributed by atoms with Crippen molar-refractivity contribution in [2.75, 3.05) is 13.2 Å². The first-order valence-electron chi connectivity index (χ1n) is 7.92. The average Bonchev–Trinajstić information content (AvgIpc) is 2.51. The number of carbonyl (C=O) groups is 1. The van der Waals surface area contributed by atoms with Gasteiger partial charge < -0.3 is 10.1 Å². The molecule has 0 spiro atoms. The Kier molecular flexibility index (Phi) is 9.30. The molecule has 130 valence electrons. The maximum atomic E-state index is 11.7. The van der Waals surface area contributed by atoms with Crippen molar-refractivity contribution >= 4 is 41.6 Å². The molecule has 1 aromatic rings. The quantitative estimate of drug-likeness (QED) is 0.715. The molecule has 1 aromatic carbocycles. The van der Waals surface area contributed by atoms with Crippen LogP contribution < -0.4 is 5.32 Å². The summed E-state index contributed by atoms with van der Waals surface area (Å²) < 4.78 is 5.10. The monoisotopic (exact) mass is 379 g/mol. The molecule has 1 aliphatic rings. The van der Waals surface area contributed by atoms with Crippen LogP contribution in [-0.2, 0) is 16.1 Å². The molecule has 23 heavy (non-hydrogen) atoms. The van der Waals surface area contributed by atoms with Gasteiger partial charge in [-0.2, -0.15) is 0 Å². The molecular weight excluding hydrogens is 357 g/mol. The predicted molar refractivity (Wildman–Crippen MR) is 97.5 cm³/mol. The third-order valence-corrected chi connectivity index (χ3v) is 4.97. The van der Waals surface area contributed by atoms with Crippen molar-refractivity contribution < 1.29 is 9.53 Å². The van der Waals surface area contributed by atoms with E-state index < -0.39 is 0 Å². The molecule has 0 saturated heterocycles. The summed E-state index contributed by atoms with van der Waals surface area (Å²) in [5.74, 6) is 0.665. The molecule has 0 amide bonds. The lowest BCUT2D eigenvalue weighted by Crippen LogP contribution is -2.29. The van der Waals surface area contributed by atoms with E-state index in [0.717, 1.165) is 37.8 Å². The van der Waals surface area contributed by atoms with Gasteiger partial charge in [0.05, 0.1) is 12.5 Å². The van der Waals surface area contributed by atoms with Gasteiger partial charge in [-0.15, -0.1) is 12.4 Å². The zero-order valence-corrected chi connectivity index (χ0v) is 15.6. The predicted octanol–water partition coefficient (Wildman–Crippen LogP) is 4.87. The zero-order chi connectivity index (χ0) is 15.9. The summed E-state index contributed by atoms with van der Waals surface area (Å²) in [4.78, 5) is 11.7. The van der Waals surface area contributed by atoms with Crippen molar-refractivity contribution in [3.8, 4) is 0 Å². The van der Waals surface area contributed by atoms with E-state index >= 15 is 0 Å². The van der Waals surface area contributed by atoms with E-state index in [1.165, 1.54) is 0 Å². The number of halogens is 3. The van der Waals surface area contributed by atoms with Gasteiger partial charge in [0, 0.05) is 22.2 Å². The average molecular weight is 381 g/mol. The molecule has 0 heterocycles. The van der Waals surface area contributed by atoms with Gasteiger partial charge in [-0.25, -0.2) is 0 Å². The molecule has 6 heteroatoms. The molecule has 0 unspecified atom stereocenters. The largest absolute Gasteiger partial charge is 0.466 e. The third kappa shape index (κ3) is 6.15. The first kappa shape index (κ1) is 20.6. The highest BCUT2D eigenvalue weighted by atomic mass is 35.5. The minimum absolute atomic E-state index is 0. The van der Waals surface area contributed by atoms with E-state index in [1.54, 1.807) is 0 Å². The molecule has 1 saturated carbocycles. The Morgan fingerprint density at radius 3 is 2.39 bits per heavy atom. The second kappa shape index (κ2) is 10.4. The Balaban J connectivity index is 0.00000264. The number of hydrogen-bond acceptors (Lipinski definition) is 3. The number of benzene rings is 1. The molecule has 1 N–H and O–H groups in total. The minimum atomic E-state index is -0.0308. The second-order valence-corrected chi connectivity index (χ2v) is 6.62. The fourth-order valence-electron chi connectivity index (χ4n) is 2.96. The van der Waals surface area contributed by atoms with Gasteiger partial charge in [-0.05, 0) is 57.2 Å². The number of rotatable bonds is 6. The molecule has 3 nitrogen and oxygen atoms in total. The minimum Gasteiger partial charge on any atom is -0.466 e. The van der Waals surface area contributed by atoms with E-state index in [4.69, 9.17) is 27.9 Å². The van der Waals surface area contributed by atoms with Crippen molar-refractivity contribution in [3.63, 3.8) is 0 Å². The highest BCUT2D eigenvalue weighted by Gasteiger charge is 2.26. The molecule has 0 bridgehead atoms. The van der Waals surface area contributed by atoms with E-state index in [1.807, 2.05) is 25.1 Å². The SMILES string of the molecule is CCOC(=O)C1CCC(CNCc2c(Cl)cccc2Cl)CC1.Cl. The van der Waals surface area contributed by atoms with Gasteiger partial charge in [0.25, 0.3) is 0 Å². The summed E-state index contributed by atoms with van der Waals surface area (Å²) >= 11 is 12.3. The maximum Gasteiger partial charge on any atom is 0.308 e. The van der Waals surface area contributed by atoms with Crippen molar-refractivity contribution in [2.45, 2.75) is 39.2 Å². The Hall–Kier alpha value is -0.480. The third-order valence-electron chi connectivity index (χ3n) is 4.26. The van der Waals surface area contributed by atoms with Crippen molar-refractivity contribution in [3.05, 3.63) is 33.8 Å². The van der Waals surface area contributed by atoms with Gasteiger partial charge in [0.2, 0.25) is 0 Å². The summed E-state index contributed by atoms with van der Waals surface area (Å²) in [7, 11) is 0. The molecular formula is C17H24Cl3NO2.